The Kier molecular flexibility index (Phi) is 4.13. The van der Waals surface area contributed by atoms with Gasteiger partial charge in [-0.1, -0.05) is 41.9 Å². The first-order valence-corrected chi connectivity index (χ1v) is 7.43. The maximum atomic E-state index is 14.1. The van der Waals surface area contributed by atoms with Crippen LogP contribution in [0.5, 0.6) is 5.75 Å². The van der Waals surface area contributed by atoms with Crippen molar-refractivity contribution in [2.75, 3.05) is 13.7 Å². The van der Waals surface area contributed by atoms with E-state index in [0.717, 1.165) is 17.7 Å². The molecule has 0 aliphatic carbocycles. The van der Waals surface area contributed by atoms with Gasteiger partial charge in [-0.2, -0.15) is 0 Å². The molecule has 3 rings (SSSR count). The number of ether oxygens (including phenoxy) is 1. The van der Waals surface area contributed by atoms with Gasteiger partial charge in [-0.15, -0.1) is 0 Å². The van der Waals surface area contributed by atoms with Gasteiger partial charge in [-0.05, 0) is 30.7 Å². The van der Waals surface area contributed by atoms with Crippen LogP contribution in [0.25, 0.3) is 0 Å². The lowest BCUT2D eigenvalue weighted by Crippen LogP contribution is -2.20. The van der Waals surface area contributed by atoms with E-state index in [1.807, 2.05) is 19.2 Å². The summed E-state index contributed by atoms with van der Waals surface area (Å²) in [4.78, 5) is 0. The molecule has 1 aliphatic rings. The summed E-state index contributed by atoms with van der Waals surface area (Å²) in [6.07, 6.45) is 1.47. The third kappa shape index (κ3) is 2.76. The fourth-order valence-corrected chi connectivity index (χ4v) is 3.00. The summed E-state index contributed by atoms with van der Waals surface area (Å²) in [5.41, 5.74) is 2.91. The van der Waals surface area contributed by atoms with Gasteiger partial charge in [-0.3, -0.25) is 0 Å². The highest BCUT2D eigenvalue weighted by Crippen LogP contribution is 2.35. The predicted molar refractivity (Wildman–Crippen MR) is 82.6 cm³/mol. The summed E-state index contributed by atoms with van der Waals surface area (Å²) in [5, 5.41) is 3.42. The van der Waals surface area contributed by atoms with Gasteiger partial charge < -0.3 is 10.1 Å². The highest BCUT2D eigenvalue weighted by atomic mass is 35.5. The molecule has 1 unspecified atom stereocenters. The molecule has 0 amide bonds. The van der Waals surface area contributed by atoms with E-state index in [9.17, 15) is 4.39 Å². The number of likely N-dealkylation sites (N-methyl/N-ethyl adjacent to an activating group) is 1. The number of halogens is 2. The first-order chi connectivity index (χ1) is 10.2. The lowest BCUT2D eigenvalue weighted by atomic mass is 9.96. The van der Waals surface area contributed by atoms with E-state index in [-0.39, 0.29) is 16.9 Å². The van der Waals surface area contributed by atoms with Gasteiger partial charge >= 0.3 is 0 Å². The smallest absolute Gasteiger partial charge is 0.145 e. The van der Waals surface area contributed by atoms with Crippen molar-refractivity contribution in [1.29, 1.82) is 0 Å². The van der Waals surface area contributed by atoms with Crippen LogP contribution < -0.4 is 10.1 Å². The maximum absolute atomic E-state index is 14.1. The summed E-state index contributed by atoms with van der Waals surface area (Å²) < 4.78 is 19.8. The van der Waals surface area contributed by atoms with Gasteiger partial charge in [0.2, 0.25) is 0 Å². The molecular weight excluding hydrogens is 289 g/mol. The fourth-order valence-electron chi connectivity index (χ4n) is 2.81. The number of hydrogen-bond acceptors (Lipinski definition) is 2. The lowest BCUT2D eigenvalue weighted by molar-refractivity contribution is 0.349. The number of nitrogens with one attached hydrogen (secondary N) is 1. The van der Waals surface area contributed by atoms with Crippen molar-refractivity contribution in [3.05, 3.63) is 63.9 Å². The second-order valence-corrected chi connectivity index (χ2v) is 5.60. The molecule has 2 nitrogen and oxygen atoms in total. The quantitative estimate of drug-likeness (QED) is 0.924. The molecule has 2 aromatic rings. The Morgan fingerprint density at radius 1 is 1.29 bits per heavy atom. The van der Waals surface area contributed by atoms with E-state index < -0.39 is 0 Å². The van der Waals surface area contributed by atoms with E-state index in [1.54, 1.807) is 18.2 Å². The first kappa shape index (κ1) is 14.4. The molecule has 1 aliphatic heterocycles. The molecule has 110 valence electrons. The minimum absolute atomic E-state index is 0.00832. The van der Waals surface area contributed by atoms with Crippen molar-refractivity contribution >= 4 is 11.6 Å². The Morgan fingerprint density at radius 3 is 2.90 bits per heavy atom. The number of fused-ring (bicyclic) bond motifs is 1. The van der Waals surface area contributed by atoms with E-state index in [4.69, 9.17) is 16.3 Å². The van der Waals surface area contributed by atoms with E-state index in [2.05, 4.69) is 11.4 Å². The Bertz CT molecular complexity index is 659. The summed E-state index contributed by atoms with van der Waals surface area (Å²) in [6.45, 7) is 0.717. The van der Waals surface area contributed by atoms with E-state index >= 15 is 0 Å². The van der Waals surface area contributed by atoms with Gasteiger partial charge in [0.1, 0.15) is 11.6 Å². The molecule has 0 fully saturated rings. The Balaban J connectivity index is 1.93. The minimum Gasteiger partial charge on any atom is -0.493 e. The zero-order valence-electron chi connectivity index (χ0n) is 11.8. The molecule has 1 atom stereocenters. The third-order valence-electron chi connectivity index (χ3n) is 3.92. The predicted octanol–water partition coefficient (Wildman–Crippen LogP) is 3.92. The Hall–Kier alpha value is -1.58. The third-order valence-corrected chi connectivity index (χ3v) is 4.22. The van der Waals surface area contributed by atoms with Crippen LogP contribution in [-0.2, 0) is 12.8 Å². The summed E-state index contributed by atoms with van der Waals surface area (Å²) in [6, 6.07) is 11.3. The Labute approximate surface area is 128 Å². The molecule has 0 aromatic heterocycles. The highest BCUT2D eigenvalue weighted by Gasteiger charge is 2.22. The van der Waals surface area contributed by atoms with Crippen LogP contribution in [-0.4, -0.2) is 13.7 Å². The average Bonchev–Trinajstić information content (AvgIpc) is 2.97. The van der Waals surface area contributed by atoms with Gasteiger partial charge in [0, 0.05) is 18.0 Å². The van der Waals surface area contributed by atoms with Crippen molar-refractivity contribution in [2.24, 2.45) is 0 Å². The van der Waals surface area contributed by atoms with Crippen molar-refractivity contribution in [3.8, 4) is 5.75 Å². The van der Waals surface area contributed by atoms with E-state index in [0.29, 0.717) is 18.6 Å². The van der Waals surface area contributed by atoms with Crippen LogP contribution in [0.3, 0.4) is 0 Å². The molecular formula is C17H17ClFNO. The Morgan fingerprint density at radius 2 is 2.10 bits per heavy atom. The highest BCUT2D eigenvalue weighted by molar-refractivity contribution is 6.30. The fraction of sp³-hybridized carbons (Fsp3) is 0.294. The molecule has 21 heavy (non-hydrogen) atoms. The molecule has 0 radical (unpaired) electrons. The molecule has 4 heteroatoms. The summed E-state index contributed by atoms with van der Waals surface area (Å²) in [7, 11) is 1.88. The minimum atomic E-state index is -0.340. The normalized spacial score (nSPS) is 14.6. The van der Waals surface area contributed by atoms with Crippen molar-refractivity contribution in [2.45, 2.75) is 18.9 Å². The molecule has 0 spiro atoms. The van der Waals surface area contributed by atoms with Crippen LogP contribution in [0, 0.1) is 5.82 Å². The molecule has 0 bridgehead atoms. The van der Waals surface area contributed by atoms with Crippen LogP contribution >= 0.6 is 11.6 Å². The monoisotopic (exact) mass is 305 g/mol. The van der Waals surface area contributed by atoms with Crippen molar-refractivity contribution in [3.63, 3.8) is 0 Å². The molecule has 1 heterocycles. The zero-order valence-corrected chi connectivity index (χ0v) is 12.6. The topological polar surface area (TPSA) is 21.3 Å². The van der Waals surface area contributed by atoms with E-state index in [1.165, 1.54) is 5.56 Å². The van der Waals surface area contributed by atoms with Gasteiger partial charge in [-0.25, -0.2) is 4.39 Å². The standard InChI is InChI=1S/C17H17ClFNO/c1-20-15(10-12-5-3-7-14(18)16(12)19)13-6-2-4-11-8-9-21-17(11)13/h2-7,15,20H,8-10H2,1H3. The summed E-state index contributed by atoms with van der Waals surface area (Å²) >= 11 is 5.86. The summed E-state index contributed by atoms with van der Waals surface area (Å²) in [5.74, 6) is 0.604. The van der Waals surface area contributed by atoms with Gasteiger partial charge in [0.05, 0.1) is 11.6 Å². The molecule has 2 aromatic carbocycles. The van der Waals surface area contributed by atoms with Crippen LogP contribution in [0.4, 0.5) is 4.39 Å². The molecule has 0 saturated heterocycles. The largest absolute Gasteiger partial charge is 0.493 e. The van der Waals surface area contributed by atoms with Crippen molar-refractivity contribution < 1.29 is 9.13 Å². The SMILES string of the molecule is CNC(Cc1cccc(Cl)c1F)c1cccc2c1OCC2. The number of para-hydroxylation sites is 1. The lowest BCUT2D eigenvalue weighted by Gasteiger charge is -2.20. The first-order valence-electron chi connectivity index (χ1n) is 7.05. The number of rotatable bonds is 4. The molecule has 0 saturated carbocycles. The van der Waals surface area contributed by atoms with Crippen molar-refractivity contribution in [1.82, 2.24) is 5.32 Å². The number of benzene rings is 2. The van der Waals surface area contributed by atoms with Gasteiger partial charge in [0.15, 0.2) is 0 Å². The second-order valence-electron chi connectivity index (χ2n) is 5.19. The van der Waals surface area contributed by atoms with Crippen LogP contribution in [0.1, 0.15) is 22.7 Å². The maximum Gasteiger partial charge on any atom is 0.145 e. The van der Waals surface area contributed by atoms with Gasteiger partial charge in [0.25, 0.3) is 0 Å². The zero-order chi connectivity index (χ0) is 14.8. The second kappa shape index (κ2) is 6.04. The number of hydrogen-bond donors (Lipinski definition) is 1. The molecule has 1 N–H and O–H groups in total. The van der Waals surface area contributed by atoms with Crippen LogP contribution in [0.2, 0.25) is 5.02 Å². The van der Waals surface area contributed by atoms with Crippen LogP contribution in [0.15, 0.2) is 36.4 Å². The average molecular weight is 306 g/mol.